The highest BCUT2D eigenvalue weighted by Crippen LogP contribution is 2.28. The molecule has 1 heterocycles. The van der Waals surface area contributed by atoms with Gasteiger partial charge in [-0.2, -0.15) is 8.75 Å². The average Bonchev–Trinajstić information content (AvgIpc) is 3.26. The molecule has 0 saturated heterocycles. The van der Waals surface area contributed by atoms with Crippen molar-refractivity contribution >= 4 is 38.7 Å². The highest BCUT2D eigenvalue weighted by molar-refractivity contribution is 7.90. The number of benzene rings is 3. The van der Waals surface area contributed by atoms with E-state index >= 15 is 0 Å². The predicted octanol–water partition coefficient (Wildman–Crippen LogP) is 5.10. The zero-order chi connectivity index (χ0) is 25.4. The fourth-order valence-electron chi connectivity index (χ4n) is 3.71. The monoisotopic (exact) mass is 515 g/mol. The number of carbonyl (C=O) groups excluding carboxylic acids is 1. The van der Waals surface area contributed by atoms with Crippen molar-refractivity contribution in [2.45, 2.75) is 43.4 Å². The third-order valence-electron chi connectivity index (χ3n) is 5.73. The molecule has 10 heteroatoms. The van der Waals surface area contributed by atoms with Crippen LogP contribution in [-0.2, 0) is 26.7 Å². The second-order valence-corrected chi connectivity index (χ2v) is 11.4. The Kier molecular flexibility index (Phi) is 6.70. The minimum absolute atomic E-state index is 0.0891. The standard InChI is InChI=1S/C25H23F2N3O3S2/c1-25(2,3)16-8-10-17(11-9-16)35(32,33)30-24(31)18(14-19-20(26)5-4-6-21(19)27)15-7-12-22-23(13-15)29-34-28-22/h4-13,18H,14H2,1-3H3,(H,30,31). The van der Waals surface area contributed by atoms with Crippen LogP contribution in [0.25, 0.3) is 11.0 Å². The van der Waals surface area contributed by atoms with E-state index in [2.05, 4.69) is 13.5 Å². The third kappa shape index (κ3) is 5.38. The summed E-state index contributed by atoms with van der Waals surface area (Å²) in [6.45, 7) is 6.00. The van der Waals surface area contributed by atoms with E-state index in [4.69, 9.17) is 0 Å². The molecule has 0 aliphatic rings. The van der Waals surface area contributed by atoms with Crippen LogP contribution < -0.4 is 4.72 Å². The largest absolute Gasteiger partial charge is 0.273 e. The van der Waals surface area contributed by atoms with Gasteiger partial charge in [-0.1, -0.05) is 45.0 Å². The number of carbonyl (C=O) groups is 1. The lowest BCUT2D eigenvalue weighted by molar-refractivity contribution is -0.120. The number of nitrogens with one attached hydrogen (secondary N) is 1. The van der Waals surface area contributed by atoms with Crippen LogP contribution in [0.5, 0.6) is 0 Å². The van der Waals surface area contributed by atoms with E-state index in [1.165, 1.54) is 18.2 Å². The molecular formula is C25H23F2N3O3S2. The molecule has 35 heavy (non-hydrogen) atoms. The van der Waals surface area contributed by atoms with Gasteiger partial charge in [-0.25, -0.2) is 21.9 Å². The van der Waals surface area contributed by atoms with Crippen LogP contribution in [-0.4, -0.2) is 23.1 Å². The molecule has 182 valence electrons. The summed E-state index contributed by atoms with van der Waals surface area (Å²) in [5, 5.41) is 0. The summed E-state index contributed by atoms with van der Waals surface area (Å²) in [6, 6.07) is 14.4. The van der Waals surface area contributed by atoms with Crippen LogP contribution in [0.4, 0.5) is 8.78 Å². The summed E-state index contributed by atoms with van der Waals surface area (Å²) < 4.78 is 65.2. The van der Waals surface area contributed by atoms with E-state index in [1.54, 1.807) is 30.3 Å². The summed E-state index contributed by atoms with van der Waals surface area (Å²) in [5.74, 6) is -3.74. The summed E-state index contributed by atoms with van der Waals surface area (Å²) >= 11 is 0.984. The van der Waals surface area contributed by atoms with Crippen molar-refractivity contribution in [3.8, 4) is 0 Å². The van der Waals surface area contributed by atoms with Gasteiger partial charge in [0.15, 0.2) is 0 Å². The van der Waals surface area contributed by atoms with Gasteiger partial charge in [0.25, 0.3) is 10.0 Å². The quantitative estimate of drug-likeness (QED) is 0.386. The minimum Gasteiger partial charge on any atom is -0.273 e. The number of rotatable bonds is 6. The molecule has 4 rings (SSSR count). The number of hydrogen-bond donors (Lipinski definition) is 1. The smallest absolute Gasteiger partial charge is 0.264 e. The van der Waals surface area contributed by atoms with E-state index in [0.29, 0.717) is 16.6 Å². The number of aromatic nitrogens is 2. The number of fused-ring (bicyclic) bond motifs is 1. The summed E-state index contributed by atoms with van der Waals surface area (Å²) in [4.78, 5) is 13.2. The molecule has 4 aromatic rings. The topological polar surface area (TPSA) is 89.0 Å². The lowest BCUT2D eigenvalue weighted by atomic mass is 9.87. The van der Waals surface area contributed by atoms with Crippen LogP contribution in [0.15, 0.2) is 65.6 Å². The summed E-state index contributed by atoms with van der Waals surface area (Å²) in [6.07, 6.45) is -0.383. The van der Waals surface area contributed by atoms with E-state index in [1.807, 2.05) is 20.8 Å². The first-order valence-corrected chi connectivity index (χ1v) is 13.0. The zero-order valence-electron chi connectivity index (χ0n) is 19.2. The van der Waals surface area contributed by atoms with Crippen LogP contribution in [0.1, 0.15) is 43.4 Å². The van der Waals surface area contributed by atoms with Gasteiger partial charge in [-0.3, -0.25) is 4.79 Å². The Hall–Kier alpha value is -3.24. The maximum Gasteiger partial charge on any atom is 0.264 e. The van der Waals surface area contributed by atoms with Crippen molar-refractivity contribution in [1.29, 1.82) is 0 Å². The van der Waals surface area contributed by atoms with Gasteiger partial charge in [0, 0.05) is 5.56 Å². The van der Waals surface area contributed by atoms with E-state index in [9.17, 15) is 22.0 Å². The zero-order valence-corrected chi connectivity index (χ0v) is 20.9. The Labute approximate surface area is 206 Å². The Bertz CT molecular complexity index is 1470. The number of nitrogens with zero attached hydrogens (tertiary/aromatic N) is 2. The van der Waals surface area contributed by atoms with Gasteiger partial charge in [-0.15, -0.1) is 0 Å². The van der Waals surface area contributed by atoms with Crippen molar-refractivity contribution in [3.63, 3.8) is 0 Å². The molecule has 0 spiro atoms. The van der Waals surface area contributed by atoms with Gasteiger partial charge in [0.2, 0.25) is 5.91 Å². The normalized spacial score (nSPS) is 13.1. The molecule has 1 atom stereocenters. The summed E-state index contributed by atoms with van der Waals surface area (Å²) in [5.41, 5.74) is 1.91. The maximum absolute atomic E-state index is 14.4. The SMILES string of the molecule is CC(C)(C)c1ccc(S(=O)(=O)NC(=O)C(Cc2c(F)cccc2F)c2ccc3nsnc3c2)cc1. The predicted molar refractivity (Wildman–Crippen MR) is 131 cm³/mol. The fourth-order valence-corrected chi connectivity index (χ4v) is 5.24. The highest BCUT2D eigenvalue weighted by atomic mass is 32.2. The van der Waals surface area contributed by atoms with Crippen LogP contribution in [0.2, 0.25) is 0 Å². The van der Waals surface area contributed by atoms with Gasteiger partial charge < -0.3 is 0 Å². The second-order valence-electron chi connectivity index (χ2n) is 9.21. The second kappa shape index (κ2) is 9.43. The third-order valence-corrected chi connectivity index (χ3v) is 7.65. The minimum atomic E-state index is -4.23. The molecule has 1 N–H and O–H groups in total. The molecule has 0 saturated carbocycles. The van der Waals surface area contributed by atoms with Gasteiger partial charge in [0.05, 0.1) is 22.5 Å². The number of halogens is 2. The highest BCUT2D eigenvalue weighted by Gasteiger charge is 2.29. The molecule has 0 bridgehead atoms. The van der Waals surface area contributed by atoms with Gasteiger partial charge >= 0.3 is 0 Å². The lowest BCUT2D eigenvalue weighted by Gasteiger charge is -2.20. The van der Waals surface area contributed by atoms with Crippen molar-refractivity contribution < 1.29 is 22.0 Å². The first kappa shape index (κ1) is 24.9. The Morgan fingerprint density at radius 1 is 0.971 bits per heavy atom. The Balaban J connectivity index is 1.69. The number of hydrogen-bond acceptors (Lipinski definition) is 6. The fraction of sp³-hybridized carbons (Fsp3) is 0.240. The molecule has 1 unspecified atom stereocenters. The molecule has 1 amide bonds. The summed E-state index contributed by atoms with van der Waals surface area (Å²) in [7, 11) is -4.23. The first-order chi connectivity index (χ1) is 16.5. The number of amides is 1. The van der Waals surface area contributed by atoms with Crippen LogP contribution in [0, 0.1) is 11.6 Å². The molecule has 0 fully saturated rings. The molecular weight excluding hydrogens is 492 g/mol. The van der Waals surface area contributed by atoms with E-state index in [-0.39, 0.29) is 22.3 Å². The molecule has 0 aliphatic carbocycles. The van der Waals surface area contributed by atoms with E-state index < -0.39 is 33.5 Å². The van der Waals surface area contributed by atoms with Gasteiger partial charge in [-0.05, 0) is 59.4 Å². The lowest BCUT2D eigenvalue weighted by Crippen LogP contribution is -2.35. The van der Waals surface area contributed by atoms with Gasteiger partial charge in [0.1, 0.15) is 22.7 Å². The molecule has 6 nitrogen and oxygen atoms in total. The average molecular weight is 516 g/mol. The van der Waals surface area contributed by atoms with Crippen molar-refractivity contribution in [2.75, 3.05) is 0 Å². The Morgan fingerprint density at radius 3 is 2.23 bits per heavy atom. The molecule has 3 aromatic carbocycles. The van der Waals surface area contributed by atoms with Crippen LogP contribution in [0.3, 0.4) is 0 Å². The van der Waals surface area contributed by atoms with Crippen molar-refractivity contribution in [1.82, 2.24) is 13.5 Å². The molecule has 0 radical (unpaired) electrons. The Morgan fingerprint density at radius 2 is 1.60 bits per heavy atom. The van der Waals surface area contributed by atoms with Crippen molar-refractivity contribution in [2.24, 2.45) is 0 Å². The molecule has 0 aliphatic heterocycles. The van der Waals surface area contributed by atoms with Crippen molar-refractivity contribution in [3.05, 3.63) is 89.0 Å². The first-order valence-electron chi connectivity index (χ1n) is 10.8. The maximum atomic E-state index is 14.4. The number of sulfonamides is 1. The van der Waals surface area contributed by atoms with Crippen LogP contribution >= 0.6 is 11.7 Å². The van der Waals surface area contributed by atoms with E-state index in [0.717, 1.165) is 29.4 Å². The molecule has 1 aromatic heterocycles.